The van der Waals surface area contributed by atoms with Gasteiger partial charge in [-0.2, -0.15) is 8.78 Å². The third-order valence-corrected chi connectivity index (χ3v) is 3.89. The van der Waals surface area contributed by atoms with E-state index >= 15 is 0 Å². The zero-order valence-electron chi connectivity index (χ0n) is 16.0. The molecule has 1 N–H and O–H groups in total. The quantitative estimate of drug-likeness (QED) is 0.569. The minimum atomic E-state index is -4.81. The summed E-state index contributed by atoms with van der Waals surface area (Å²) >= 11 is 0. The Balaban J connectivity index is 1.86. The van der Waals surface area contributed by atoms with Crippen LogP contribution in [0.1, 0.15) is 19.7 Å². The number of hydrogen-bond donors (Lipinski definition) is 1. The molecule has 11 heteroatoms. The summed E-state index contributed by atoms with van der Waals surface area (Å²) in [6.45, 7) is 1.55. The highest BCUT2D eigenvalue weighted by molar-refractivity contribution is 5.65. The minimum absolute atomic E-state index is 0.160. The van der Waals surface area contributed by atoms with Gasteiger partial charge in [0.1, 0.15) is 12.4 Å². The van der Waals surface area contributed by atoms with Crippen LogP contribution in [0.3, 0.4) is 0 Å². The van der Waals surface area contributed by atoms with Crippen LogP contribution >= 0.6 is 0 Å². The standard InChI is InChI=1S/C19H18F5N3O3/c1-17(2,28)10-29-11-18(20,21)16-26-25-15-8-5-13(9-27(15)16)12-3-6-14(7-4-12)30-19(22,23)24/h3-9,28H,10-11H2,1-2H3. The first-order valence-corrected chi connectivity index (χ1v) is 8.73. The van der Waals surface area contributed by atoms with Crippen molar-refractivity contribution in [3.63, 3.8) is 0 Å². The SMILES string of the molecule is CC(C)(O)COCC(F)(F)c1nnc2ccc(-c3ccc(OC(F)(F)F)cc3)cn12. The number of rotatable bonds is 7. The van der Waals surface area contributed by atoms with Crippen LogP contribution in [-0.4, -0.2) is 44.9 Å². The van der Waals surface area contributed by atoms with Crippen molar-refractivity contribution in [2.45, 2.75) is 31.7 Å². The Morgan fingerprint density at radius 3 is 2.13 bits per heavy atom. The maximum absolute atomic E-state index is 14.6. The van der Waals surface area contributed by atoms with Gasteiger partial charge in [0, 0.05) is 6.20 Å². The van der Waals surface area contributed by atoms with Crippen molar-refractivity contribution >= 4 is 5.65 Å². The first kappa shape index (κ1) is 21.9. The number of alkyl halides is 5. The monoisotopic (exact) mass is 431 g/mol. The summed E-state index contributed by atoms with van der Waals surface area (Å²) in [6.07, 6.45) is -3.45. The van der Waals surface area contributed by atoms with Crippen LogP contribution in [0.15, 0.2) is 42.6 Å². The van der Waals surface area contributed by atoms with Crippen molar-refractivity contribution in [1.29, 1.82) is 0 Å². The second-order valence-corrected chi connectivity index (χ2v) is 7.25. The second-order valence-electron chi connectivity index (χ2n) is 7.25. The van der Waals surface area contributed by atoms with Crippen LogP contribution in [0.5, 0.6) is 5.75 Å². The number of hydrogen-bond acceptors (Lipinski definition) is 5. The van der Waals surface area contributed by atoms with E-state index < -0.39 is 36.1 Å². The molecule has 3 aromatic rings. The lowest BCUT2D eigenvalue weighted by Gasteiger charge is -2.20. The molecule has 0 bridgehead atoms. The van der Waals surface area contributed by atoms with Crippen LogP contribution in [0.25, 0.3) is 16.8 Å². The zero-order valence-corrected chi connectivity index (χ0v) is 16.0. The number of pyridine rings is 1. The lowest BCUT2D eigenvalue weighted by molar-refractivity contribution is -0.274. The Labute approximate surface area is 167 Å². The maximum Gasteiger partial charge on any atom is 0.573 e. The molecule has 0 amide bonds. The van der Waals surface area contributed by atoms with Crippen molar-refractivity contribution in [2.75, 3.05) is 13.2 Å². The molecule has 0 aliphatic carbocycles. The highest BCUT2D eigenvalue weighted by atomic mass is 19.4. The first-order chi connectivity index (χ1) is 13.8. The van der Waals surface area contributed by atoms with E-state index in [0.29, 0.717) is 11.1 Å². The van der Waals surface area contributed by atoms with Gasteiger partial charge in [0.2, 0.25) is 5.82 Å². The molecule has 1 aromatic carbocycles. The molecule has 3 rings (SSSR count). The number of ether oxygens (including phenoxy) is 2. The lowest BCUT2D eigenvalue weighted by Crippen LogP contribution is -2.31. The van der Waals surface area contributed by atoms with Gasteiger partial charge in [-0.25, -0.2) is 0 Å². The molecule has 0 radical (unpaired) electrons. The van der Waals surface area contributed by atoms with Crippen LogP contribution in [0, 0.1) is 0 Å². The third-order valence-electron chi connectivity index (χ3n) is 3.89. The van der Waals surface area contributed by atoms with Gasteiger partial charge >= 0.3 is 12.3 Å². The normalized spacial score (nSPS) is 13.1. The first-order valence-electron chi connectivity index (χ1n) is 8.73. The lowest BCUT2D eigenvalue weighted by atomic mass is 10.1. The largest absolute Gasteiger partial charge is 0.573 e. The van der Waals surface area contributed by atoms with Crippen LogP contribution in [0.4, 0.5) is 22.0 Å². The molecule has 6 nitrogen and oxygen atoms in total. The summed E-state index contributed by atoms with van der Waals surface area (Å²) in [6, 6.07) is 8.03. The number of aromatic nitrogens is 3. The summed E-state index contributed by atoms with van der Waals surface area (Å²) < 4.78 is 75.8. The van der Waals surface area contributed by atoms with Crippen molar-refractivity contribution in [1.82, 2.24) is 14.6 Å². The van der Waals surface area contributed by atoms with Crippen LogP contribution in [0.2, 0.25) is 0 Å². The Morgan fingerprint density at radius 1 is 0.900 bits per heavy atom. The summed E-state index contributed by atoms with van der Waals surface area (Å²) in [4.78, 5) is 0. The predicted molar refractivity (Wildman–Crippen MR) is 96.1 cm³/mol. The maximum atomic E-state index is 14.6. The molecule has 30 heavy (non-hydrogen) atoms. The van der Waals surface area contributed by atoms with Gasteiger partial charge < -0.3 is 14.6 Å². The Kier molecular flexibility index (Phi) is 5.70. The molecular formula is C19H18F5N3O3. The Bertz CT molecular complexity index is 1010. The van der Waals surface area contributed by atoms with Crippen molar-refractivity contribution < 1.29 is 36.5 Å². The fourth-order valence-corrected chi connectivity index (χ4v) is 2.65. The van der Waals surface area contributed by atoms with E-state index in [1.165, 1.54) is 38.2 Å². The van der Waals surface area contributed by atoms with Gasteiger partial charge in [-0.3, -0.25) is 4.40 Å². The van der Waals surface area contributed by atoms with Gasteiger partial charge in [0.05, 0.1) is 12.2 Å². The smallest absolute Gasteiger partial charge is 0.406 e. The van der Waals surface area contributed by atoms with E-state index in [4.69, 9.17) is 4.74 Å². The van der Waals surface area contributed by atoms with E-state index in [1.807, 2.05) is 0 Å². The van der Waals surface area contributed by atoms with E-state index in [1.54, 1.807) is 6.07 Å². The molecule has 0 saturated carbocycles. The molecule has 0 unspecified atom stereocenters. The summed E-state index contributed by atoms with van der Waals surface area (Å²) in [5, 5.41) is 16.8. The van der Waals surface area contributed by atoms with Gasteiger partial charge in [-0.1, -0.05) is 12.1 Å². The summed E-state index contributed by atoms with van der Waals surface area (Å²) in [5.74, 6) is -4.55. The highest BCUT2D eigenvalue weighted by Gasteiger charge is 2.38. The average molecular weight is 431 g/mol. The van der Waals surface area contributed by atoms with Gasteiger partial charge in [0.25, 0.3) is 0 Å². The molecule has 162 valence electrons. The number of fused-ring (bicyclic) bond motifs is 1. The topological polar surface area (TPSA) is 68.9 Å². The van der Waals surface area contributed by atoms with E-state index in [9.17, 15) is 27.1 Å². The van der Waals surface area contributed by atoms with Gasteiger partial charge in [-0.15, -0.1) is 23.4 Å². The molecule has 0 fully saturated rings. The van der Waals surface area contributed by atoms with Crippen molar-refractivity contribution in [3.05, 3.63) is 48.4 Å². The van der Waals surface area contributed by atoms with Gasteiger partial charge in [0.15, 0.2) is 5.65 Å². The van der Waals surface area contributed by atoms with Crippen LogP contribution in [-0.2, 0) is 10.7 Å². The van der Waals surface area contributed by atoms with Crippen LogP contribution < -0.4 is 4.74 Å². The predicted octanol–water partition coefficient (Wildman–Crippen LogP) is 4.17. The molecule has 0 saturated heterocycles. The molecule has 0 spiro atoms. The Morgan fingerprint density at radius 2 is 1.53 bits per heavy atom. The number of aliphatic hydroxyl groups is 1. The molecule has 0 atom stereocenters. The van der Waals surface area contributed by atoms with Crippen molar-refractivity contribution in [3.8, 4) is 16.9 Å². The third kappa shape index (κ3) is 5.42. The molecule has 0 aliphatic heterocycles. The number of nitrogens with zero attached hydrogens (tertiary/aromatic N) is 3. The number of halogens is 5. The average Bonchev–Trinajstić information content (AvgIpc) is 3.03. The minimum Gasteiger partial charge on any atom is -0.406 e. The molecule has 2 aromatic heterocycles. The van der Waals surface area contributed by atoms with E-state index in [2.05, 4.69) is 14.9 Å². The summed E-state index contributed by atoms with van der Waals surface area (Å²) in [5.41, 5.74) is -0.172. The highest BCUT2D eigenvalue weighted by Crippen LogP contribution is 2.30. The molecular weight excluding hydrogens is 413 g/mol. The molecule has 0 aliphatic rings. The number of benzene rings is 1. The second kappa shape index (κ2) is 7.80. The molecule has 2 heterocycles. The Hall–Kier alpha value is -2.79. The zero-order chi connectivity index (χ0) is 22.2. The van der Waals surface area contributed by atoms with Crippen molar-refractivity contribution in [2.24, 2.45) is 0 Å². The fraction of sp³-hybridized carbons (Fsp3) is 0.368. The summed E-state index contributed by atoms with van der Waals surface area (Å²) in [7, 11) is 0. The van der Waals surface area contributed by atoms with E-state index in [-0.39, 0.29) is 12.3 Å². The fourth-order valence-electron chi connectivity index (χ4n) is 2.65. The van der Waals surface area contributed by atoms with Gasteiger partial charge in [-0.05, 0) is 49.2 Å². The van der Waals surface area contributed by atoms with E-state index in [0.717, 1.165) is 16.5 Å².